The van der Waals surface area contributed by atoms with Crippen LogP contribution >= 0.6 is 0 Å². The van der Waals surface area contributed by atoms with Crippen LogP contribution in [0, 0.1) is 0 Å². The molecule has 4 atom stereocenters. The zero-order valence-electron chi connectivity index (χ0n) is 6.97. The van der Waals surface area contributed by atoms with Crippen LogP contribution in [-0.2, 0) is 4.74 Å². The number of hydrogen-bond acceptors (Lipinski definition) is 4. The molecule has 5 heteroatoms. The number of aliphatic hydroxyl groups is 3. The first-order valence-electron chi connectivity index (χ1n) is 3.90. The third-order valence-electron chi connectivity index (χ3n) is 2.18. The topological polar surface area (TPSA) is 69.9 Å². The van der Waals surface area contributed by atoms with E-state index >= 15 is 0 Å². The first kappa shape index (κ1) is 9.99. The molecule has 1 aliphatic heterocycles. The summed E-state index contributed by atoms with van der Waals surface area (Å²) in [6.07, 6.45) is -1.70. The Morgan fingerprint density at radius 2 is 2.33 bits per heavy atom. The lowest BCUT2D eigenvalue weighted by atomic mass is 9.80. The first-order chi connectivity index (χ1) is 5.51. The van der Waals surface area contributed by atoms with Crippen molar-refractivity contribution in [3.05, 3.63) is 0 Å². The zero-order chi connectivity index (χ0) is 9.35. The van der Waals surface area contributed by atoms with Crippen molar-refractivity contribution in [3.63, 3.8) is 0 Å². The van der Waals surface area contributed by atoms with Gasteiger partial charge in [-0.15, -0.1) is 0 Å². The van der Waals surface area contributed by atoms with Crippen LogP contribution in [0.1, 0.15) is 6.92 Å². The highest BCUT2D eigenvalue weighted by Crippen LogP contribution is 2.29. The molecule has 0 saturated carbocycles. The molecule has 0 amide bonds. The molecule has 2 radical (unpaired) electrons. The van der Waals surface area contributed by atoms with Gasteiger partial charge in [0.1, 0.15) is 11.7 Å². The number of hydrogen-bond donors (Lipinski definition) is 3. The Morgan fingerprint density at radius 1 is 1.75 bits per heavy atom. The predicted octanol–water partition coefficient (Wildman–Crippen LogP) is -1.55. The molecule has 1 heterocycles. The largest absolute Gasteiger partial charge is 0.393 e. The Kier molecular flexibility index (Phi) is 2.78. The van der Waals surface area contributed by atoms with Crippen molar-refractivity contribution in [2.45, 2.75) is 30.5 Å². The Bertz CT molecular complexity index is 163. The van der Waals surface area contributed by atoms with Crippen molar-refractivity contribution in [2.24, 2.45) is 0 Å². The standard InChI is InChI=1S/C7H13BO4/c1-4(8)5-6(10)7(11,2-9)3-12-5/h4-6,9-11H,2-3H2,1H3/t4-,5?,6?,7+/m1/s1. The smallest absolute Gasteiger partial charge is 0.139 e. The Balaban J connectivity index is 2.66. The molecule has 0 bridgehead atoms. The fourth-order valence-electron chi connectivity index (χ4n) is 1.30. The number of ether oxygens (including phenoxy) is 1. The van der Waals surface area contributed by atoms with Gasteiger partial charge in [0.05, 0.1) is 27.2 Å². The average Bonchev–Trinajstić information content (AvgIpc) is 2.30. The molecule has 0 aromatic carbocycles. The van der Waals surface area contributed by atoms with Gasteiger partial charge >= 0.3 is 0 Å². The summed E-state index contributed by atoms with van der Waals surface area (Å²) in [5.74, 6) is -0.361. The second kappa shape index (κ2) is 3.34. The maximum Gasteiger partial charge on any atom is 0.139 e. The van der Waals surface area contributed by atoms with Crippen molar-refractivity contribution in [1.82, 2.24) is 0 Å². The van der Waals surface area contributed by atoms with Crippen LogP contribution in [0.25, 0.3) is 0 Å². The molecule has 4 nitrogen and oxygen atoms in total. The maximum atomic E-state index is 9.51. The Labute approximate surface area is 72.6 Å². The lowest BCUT2D eigenvalue weighted by molar-refractivity contribution is -0.0815. The summed E-state index contributed by atoms with van der Waals surface area (Å²) in [7, 11) is 5.49. The van der Waals surface area contributed by atoms with E-state index in [-0.39, 0.29) is 12.4 Å². The lowest BCUT2D eigenvalue weighted by Gasteiger charge is -2.25. The summed E-state index contributed by atoms with van der Waals surface area (Å²) >= 11 is 0. The second-order valence-corrected chi connectivity index (χ2v) is 3.34. The van der Waals surface area contributed by atoms with Crippen LogP contribution in [-0.4, -0.2) is 54.2 Å². The predicted molar refractivity (Wildman–Crippen MR) is 43.0 cm³/mol. The molecule has 0 aliphatic carbocycles. The van der Waals surface area contributed by atoms with Gasteiger partial charge in [-0.1, -0.05) is 12.7 Å². The third kappa shape index (κ3) is 1.50. The molecule has 12 heavy (non-hydrogen) atoms. The highest BCUT2D eigenvalue weighted by molar-refractivity contribution is 6.11. The third-order valence-corrected chi connectivity index (χ3v) is 2.18. The monoisotopic (exact) mass is 172 g/mol. The van der Waals surface area contributed by atoms with Crippen molar-refractivity contribution in [1.29, 1.82) is 0 Å². The fourth-order valence-corrected chi connectivity index (χ4v) is 1.30. The van der Waals surface area contributed by atoms with Gasteiger partial charge in [-0.3, -0.25) is 0 Å². The van der Waals surface area contributed by atoms with Crippen molar-refractivity contribution >= 4 is 7.85 Å². The second-order valence-electron chi connectivity index (χ2n) is 3.34. The zero-order valence-corrected chi connectivity index (χ0v) is 6.97. The van der Waals surface area contributed by atoms with Crippen LogP contribution in [0.15, 0.2) is 0 Å². The molecule has 0 spiro atoms. The van der Waals surface area contributed by atoms with Crippen LogP contribution in [0.5, 0.6) is 0 Å². The minimum atomic E-state index is -1.54. The van der Waals surface area contributed by atoms with E-state index in [0.29, 0.717) is 0 Å². The van der Waals surface area contributed by atoms with Crippen molar-refractivity contribution in [3.8, 4) is 0 Å². The van der Waals surface area contributed by atoms with Crippen molar-refractivity contribution in [2.75, 3.05) is 13.2 Å². The molecule has 1 aliphatic rings. The Hall–Kier alpha value is -0.0951. The maximum absolute atomic E-state index is 9.51. The van der Waals surface area contributed by atoms with Gasteiger partial charge < -0.3 is 20.1 Å². The molecule has 1 rings (SSSR count). The molecule has 3 N–H and O–H groups in total. The normalized spacial score (nSPS) is 44.7. The summed E-state index contributed by atoms with van der Waals surface area (Å²) in [6.45, 7) is 1.09. The minimum Gasteiger partial charge on any atom is -0.393 e. The number of rotatable bonds is 2. The van der Waals surface area contributed by atoms with Gasteiger partial charge in [0.2, 0.25) is 0 Å². The highest BCUT2D eigenvalue weighted by Gasteiger charge is 2.48. The summed E-state index contributed by atoms with van der Waals surface area (Å²) in [6, 6.07) is 0. The first-order valence-corrected chi connectivity index (χ1v) is 3.90. The summed E-state index contributed by atoms with van der Waals surface area (Å²) in [5.41, 5.74) is -1.54. The van der Waals surface area contributed by atoms with E-state index in [9.17, 15) is 10.2 Å². The van der Waals surface area contributed by atoms with E-state index in [0.717, 1.165) is 0 Å². The van der Waals surface area contributed by atoms with Gasteiger partial charge in [-0.05, 0) is 0 Å². The van der Waals surface area contributed by atoms with Gasteiger partial charge in [0.25, 0.3) is 0 Å². The van der Waals surface area contributed by atoms with Gasteiger partial charge in [0.15, 0.2) is 0 Å². The average molecular weight is 172 g/mol. The quantitative estimate of drug-likeness (QED) is 0.441. The minimum absolute atomic E-state index is 0.0725. The van der Waals surface area contributed by atoms with E-state index in [2.05, 4.69) is 0 Å². The Morgan fingerprint density at radius 3 is 2.58 bits per heavy atom. The highest BCUT2D eigenvalue weighted by atomic mass is 16.5. The van der Waals surface area contributed by atoms with Crippen LogP contribution in [0.4, 0.5) is 0 Å². The van der Waals surface area contributed by atoms with Gasteiger partial charge in [-0.2, -0.15) is 0 Å². The molecular formula is C7H13BO4. The van der Waals surface area contributed by atoms with E-state index in [4.69, 9.17) is 17.7 Å². The van der Waals surface area contributed by atoms with Crippen LogP contribution < -0.4 is 0 Å². The van der Waals surface area contributed by atoms with E-state index in [1.54, 1.807) is 6.92 Å². The van der Waals surface area contributed by atoms with Crippen LogP contribution in [0.2, 0.25) is 5.82 Å². The number of aliphatic hydroxyl groups excluding tert-OH is 2. The van der Waals surface area contributed by atoms with E-state index < -0.39 is 24.4 Å². The summed E-state index contributed by atoms with van der Waals surface area (Å²) < 4.78 is 5.05. The molecular weight excluding hydrogens is 159 g/mol. The molecule has 1 saturated heterocycles. The lowest BCUT2D eigenvalue weighted by Crippen LogP contribution is -2.47. The molecule has 0 aromatic heterocycles. The van der Waals surface area contributed by atoms with E-state index in [1.807, 2.05) is 0 Å². The fraction of sp³-hybridized carbons (Fsp3) is 1.00. The molecule has 68 valence electrons. The van der Waals surface area contributed by atoms with Crippen molar-refractivity contribution < 1.29 is 20.1 Å². The van der Waals surface area contributed by atoms with Gasteiger partial charge in [0, 0.05) is 0 Å². The van der Waals surface area contributed by atoms with Crippen LogP contribution in [0.3, 0.4) is 0 Å². The SMILES string of the molecule is [B][C@H](C)C1OC[C@@](O)(CO)C1O. The molecule has 0 aromatic rings. The van der Waals surface area contributed by atoms with Gasteiger partial charge in [-0.25, -0.2) is 0 Å². The van der Waals surface area contributed by atoms with E-state index in [1.165, 1.54) is 0 Å². The summed E-state index contributed by atoms with van der Waals surface area (Å²) in [5, 5.41) is 27.7. The summed E-state index contributed by atoms with van der Waals surface area (Å²) in [4.78, 5) is 0. The molecule has 2 unspecified atom stereocenters. The molecule has 1 fully saturated rings.